The monoisotopic (exact) mass is 445 g/mol. The number of hydrogen-bond donors (Lipinski definition) is 1. The zero-order valence-corrected chi connectivity index (χ0v) is 17.5. The average molecular weight is 445 g/mol. The van der Waals surface area contributed by atoms with E-state index in [1.54, 1.807) is 27.7 Å². The van der Waals surface area contributed by atoms with Crippen LogP contribution in [0.4, 0.5) is 22.4 Å². The van der Waals surface area contributed by atoms with Crippen molar-refractivity contribution in [3.05, 3.63) is 41.5 Å². The molecule has 0 unspecified atom stereocenters. The van der Waals surface area contributed by atoms with Gasteiger partial charge in [-0.25, -0.2) is 13.9 Å². The van der Waals surface area contributed by atoms with Gasteiger partial charge in [0.1, 0.15) is 11.4 Å². The third-order valence-corrected chi connectivity index (χ3v) is 3.93. The second kappa shape index (κ2) is 9.31. The van der Waals surface area contributed by atoms with E-state index in [2.05, 4.69) is 15.6 Å². The molecule has 0 aliphatic rings. The zero-order chi connectivity index (χ0) is 23.4. The van der Waals surface area contributed by atoms with Crippen LogP contribution in [-0.2, 0) is 10.9 Å². The minimum atomic E-state index is -4.95. The highest BCUT2D eigenvalue weighted by molar-refractivity contribution is 5.93. The molecule has 0 bridgehead atoms. The van der Waals surface area contributed by atoms with Crippen molar-refractivity contribution < 1.29 is 31.9 Å². The van der Waals surface area contributed by atoms with Gasteiger partial charge in [0.25, 0.3) is 5.91 Å². The molecule has 12 heteroatoms. The van der Waals surface area contributed by atoms with Crippen LogP contribution in [0.5, 0.6) is 0 Å². The molecule has 2 amide bonds. The summed E-state index contributed by atoms with van der Waals surface area (Å²) >= 11 is 0. The Bertz CT molecular complexity index is 920. The SMILES string of the molecule is CCN(CCNC(=O)c1nnn(-c2ccc(F)cc2)c1C(F)(F)F)C(=O)OC(C)(C)C. The van der Waals surface area contributed by atoms with Gasteiger partial charge in [-0.05, 0) is 52.0 Å². The van der Waals surface area contributed by atoms with Crippen molar-refractivity contribution in [2.75, 3.05) is 19.6 Å². The number of carbonyl (C=O) groups excluding carboxylic acids is 2. The number of nitrogens with one attached hydrogen (secondary N) is 1. The molecule has 0 saturated heterocycles. The van der Waals surface area contributed by atoms with E-state index in [4.69, 9.17) is 4.74 Å². The van der Waals surface area contributed by atoms with Crippen LogP contribution in [0.15, 0.2) is 24.3 Å². The van der Waals surface area contributed by atoms with Gasteiger partial charge in [0.2, 0.25) is 0 Å². The van der Waals surface area contributed by atoms with Crippen LogP contribution >= 0.6 is 0 Å². The molecule has 8 nitrogen and oxygen atoms in total. The summed E-state index contributed by atoms with van der Waals surface area (Å²) in [6, 6.07) is 4.10. The Morgan fingerprint density at radius 2 is 1.77 bits per heavy atom. The lowest BCUT2D eigenvalue weighted by molar-refractivity contribution is -0.143. The lowest BCUT2D eigenvalue weighted by atomic mass is 10.2. The molecule has 0 aliphatic carbocycles. The first kappa shape index (κ1) is 24.1. The normalized spacial score (nSPS) is 11.9. The van der Waals surface area contributed by atoms with E-state index in [-0.39, 0.29) is 25.3 Å². The second-order valence-corrected chi connectivity index (χ2v) is 7.49. The minimum Gasteiger partial charge on any atom is -0.444 e. The van der Waals surface area contributed by atoms with Crippen LogP contribution in [0.3, 0.4) is 0 Å². The van der Waals surface area contributed by atoms with Gasteiger partial charge < -0.3 is 15.0 Å². The molecule has 0 radical (unpaired) electrons. The maximum absolute atomic E-state index is 13.6. The van der Waals surface area contributed by atoms with Gasteiger partial charge in [-0.2, -0.15) is 13.2 Å². The molecule has 1 aromatic carbocycles. The third kappa shape index (κ3) is 6.40. The van der Waals surface area contributed by atoms with Crippen LogP contribution in [0.1, 0.15) is 43.9 Å². The minimum absolute atomic E-state index is 0.0185. The first-order valence-corrected chi connectivity index (χ1v) is 9.38. The fourth-order valence-electron chi connectivity index (χ4n) is 2.55. The molecule has 31 heavy (non-hydrogen) atoms. The van der Waals surface area contributed by atoms with Gasteiger partial charge in [-0.15, -0.1) is 5.10 Å². The number of hydrogen-bond acceptors (Lipinski definition) is 5. The summed E-state index contributed by atoms with van der Waals surface area (Å²) in [5.41, 5.74) is -3.15. The van der Waals surface area contributed by atoms with Crippen LogP contribution in [-0.4, -0.2) is 57.1 Å². The van der Waals surface area contributed by atoms with Crippen LogP contribution in [0.25, 0.3) is 5.69 Å². The topological polar surface area (TPSA) is 89.4 Å². The molecule has 170 valence electrons. The number of likely N-dealkylation sites (N-methyl/N-ethyl adjacent to an activating group) is 1. The predicted molar refractivity (Wildman–Crippen MR) is 102 cm³/mol. The van der Waals surface area contributed by atoms with Crippen LogP contribution in [0, 0.1) is 5.82 Å². The average Bonchev–Trinajstić information content (AvgIpc) is 3.10. The number of ether oxygens (including phenoxy) is 1. The molecular formula is C19H23F4N5O3. The number of halogens is 4. The number of carbonyl (C=O) groups is 2. The summed E-state index contributed by atoms with van der Waals surface area (Å²) in [6.07, 6.45) is -5.56. The van der Waals surface area contributed by atoms with E-state index in [0.717, 1.165) is 24.3 Å². The smallest absolute Gasteiger partial charge is 0.435 e. The van der Waals surface area contributed by atoms with Crippen LogP contribution < -0.4 is 5.32 Å². The quantitative estimate of drug-likeness (QED) is 0.689. The Balaban J connectivity index is 2.15. The Morgan fingerprint density at radius 3 is 2.29 bits per heavy atom. The number of rotatable bonds is 6. The highest BCUT2D eigenvalue weighted by atomic mass is 19.4. The van der Waals surface area contributed by atoms with Crippen molar-refractivity contribution in [2.24, 2.45) is 0 Å². The summed E-state index contributed by atoms with van der Waals surface area (Å²) in [7, 11) is 0. The summed E-state index contributed by atoms with van der Waals surface area (Å²) < 4.78 is 59.6. The molecular weight excluding hydrogens is 422 g/mol. The van der Waals surface area contributed by atoms with Crippen molar-refractivity contribution in [2.45, 2.75) is 39.5 Å². The molecule has 0 atom stereocenters. The lowest BCUT2D eigenvalue weighted by Gasteiger charge is -2.26. The van der Waals surface area contributed by atoms with Crippen molar-refractivity contribution >= 4 is 12.0 Å². The van der Waals surface area contributed by atoms with E-state index in [0.29, 0.717) is 4.68 Å². The van der Waals surface area contributed by atoms with Crippen molar-refractivity contribution in [3.8, 4) is 5.69 Å². The fraction of sp³-hybridized carbons (Fsp3) is 0.474. The summed E-state index contributed by atoms with van der Waals surface area (Å²) in [5.74, 6) is -1.75. The summed E-state index contributed by atoms with van der Waals surface area (Å²) in [4.78, 5) is 25.8. The first-order chi connectivity index (χ1) is 14.3. The second-order valence-electron chi connectivity index (χ2n) is 7.49. The Hall–Kier alpha value is -3.18. The summed E-state index contributed by atoms with van der Waals surface area (Å²) in [6.45, 7) is 6.95. The van der Waals surface area contributed by atoms with Gasteiger partial charge in [0.15, 0.2) is 11.4 Å². The highest BCUT2D eigenvalue weighted by Crippen LogP contribution is 2.32. The van der Waals surface area contributed by atoms with Gasteiger partial charge in [0.05, 0.1) is 5.69 Å². The van der Waals surface area contributed by atoms with E-state index in [9.17, 15) is 27.2 Å². The zero-order valence-electron chi connectivity index (χ0n) is 17.5. The number of amides is 2. The predicted octanol–water partition coefficient (Wildman–Crippen LogP) is 3.41. The summed E-state index contributed by atoms with van der Waals surface area (Å²) in [5, 5.41) is 9.08. The van der Waals surface area contributed by atoms with Gasteiger partial charge >= 0.3 is 12.3 Å². The highest BCUT2D eigenvalue weighted by Gasteiger charge is 2.42. The standard InChI is InChI=1S/C19H23F4N5O3/c1-5-27(17(30)31-18(2,3)4)11-10-24-16(29)14-15(19(21,22)23)28(26-25-14)13-8-6-12(20)7-9-13/h6-9H,5,10-11H2,1-4H3,(H,24,29). The van der Waals surface area contributed by atoms with Gasteiger partial charge in [-0.1, -0.05) is 5.21 Å². The number of aromatic nitrogens is 3. The molecule has 1 N–H and O–H groups in total. The van der Waals surface area contributed by atoms with Crippen molar-refractivity contribution in [3.63, 3.8) is 0 Å². The molecule has 1 heterocycles. The Labute approximate surface area is 176 Å². The third-order valence-electron chi connectivity index (χ3n) is 3.93. The van der Waals surface area contributed by atoms with E-state index in [1.165, 1.54) is 4.90 Å². The molecule has 2 aromatic rings. The van der Waals surface area contributed by atoms with Gasteiger partial charge in [0, 0.05) is 19.6 Å². The number of nitrogens with zero attached hydrogens (tertiary/aromatic N) is 4. The van der Waals surface area contributed by atoms with E-state index < -0.39 is 41.0 Å². The molecule has 1 aromatic heterocycles. The molecule has 2 rings (SSSR count). The Morgan fingerprint density at radius 1 is 1.16 bits per heavy atom. The largest absolute Gasteiger partial charge is 0.444 e. The molecule has 0 fully saturated rings. The van der Waals surface area contributed by atoms with Crippen LogP contribution in [0.2, 0.25) is 0 Å². The molecule has 0 saturated carbocycles. The van der Waals surface area contributed by atoms with Gasteiger partial charge in [-0.3, -0.25) is 4.79 Å². The van der Waals surface area contributed by atoms with E-state index in [1.807, 2.05) is 0 Å². The maximum atomic E-state index is 13.6. The van der Waals surface area contributed by atoms with Crippen molar-refractivity contribution in [1.29, 1.82) is 0 Å². The van der Waals surface area contributed by atoms with Crippen molar-refractivity contribution in [1.82, 2.24) is 25.2 Å². The maximum Gasteiger partial charge on any atom is 0.435 e. The number of benzene rings is 1. The number of alkyl halides is 3. The molecule has 0 spiro atoms. The first-order valence-electron chi connectivity index (χ1n) is 9.38. The molecule has 0 aliphatic heterocycles. The Kier molecular flexibility index (Phi) is 7.24. The lowest BCUT2D eigenvalue weighted by Crippen LogP contribution is -2.41. The van der Waals surface area contributed by atoms with E-state index >= 15 is 0 Å². The fourth-order valence-corrected chi connectivity index (χ4v) is 2.55.